The Morgan fingerprint density at radius 3 is 2.45 bits per heavy atom. The topological polar surface area (TPSA) is 63.7 Å². The lowest BCUT2D eigenvalue weighted by molar-refractivity contribution is -0.133. The van der Waals surface area contributed by atoms with Gasteiger partial charge in [-0.05, 0) is 68.1 Å². The summed E-state index contributed by atoms with van der Waals surface area (Å²) in [7, 11) is -4.07. The van der Waals surface area contributed by atoms with E-state index in [1.807, 2.05) is 24.8 Å². The van der Waals surface area contributed by atoms with Crippen LogP contribution in [0.4, 0.5) is 4.39 Å². The van der Waals surface area contributed by atoms with Gasteiger partial charge in [0.2, 0.25) is 5.91 Å². The van der Waals surface area contributed by atoms with Crippen molar-refractivity contribution in [2.45, 2.75) is 69.9 Å². The molecule has 1 saturated carbocycles. The summed E-state index contributed by atoms with van der Waals surface area (Å²) in [6.45, 7) is 4.34. The molecule has 0 N–H and O–H groups in total. The Hall–Kier alpha value is -2.41. The summed E-state index contributed by atoms with van der Waals surface area (Å²) < 4.78 is 43.2. The molecule has 0 spiro atoms. The molecule has 0 aromatic heterocycles. The van der Waals surface area contributed by atoms with Crippen LogP contribution in [0.1, 0.15) is 57.9 Å². The highest BCUT2D eigenvalue weighted by Gasteiger charge is 2.22. The van der Waals surface area contributed by atoms with Gasteiger partial charge in [0, 0.05) is 19.0 Å². The van der Waals surface area contributed by atoms with Gasteiger partial charge < -0.3 is 9.08 Å². The van der Waals surface area contributed by atoms with Crippen molar-refractivity contribution in [3.63, 3.8) is 0 Å². The lowest BCUT2D eigenvalue weighted by Gasteiger charge is -2.27. The summed E-state index contributed by atoms with van der Waals surface area (Å²) in [4.78, 5) is 14.5. The van der Waals surface area contributed by atoms with E-state index in [-0.39, 0.29) is 22.6 Å². The van der Waals surface area contributed by atoms with Crippen LogP contribution >= 0.6 is 0 Å². The van der Waals surface area contributed by atoms with Crippen molar-refractivity contribution >= 4 is 16.0 Å². The molecular weight excluding hydrogens is 417 g/mol. The van der Waals surface area contributed by atoms with Gasteiger partial charge in [0.15, 0.2) is 0 Å². The molecule has 1 aliphatic carbocycles. The molecule has 2 aromatic rings. The minimum Gasteiger partial charge on any atom is -0.379 e. The summed E-state index contributed by atoms with van der Waals surface area (Å²) in [5.74, 6) is 0.412. The molecule has 31 heavy (non-hydrogen) atoms. The summed E-state index contributed by atoms with van der Waals surface area (Å²) in [6.07, 6.45) is 6.44. The summed E-state index contributed by atoms with van der Waals surface area (Å²) in [6, 6.07) is 11.2. The molecule has 0 saturated heterocycles. The molecule has 5 nitrogen and oxygen atoms in total. The van der Waals surface area contributed by atoms with Gasteiger partial charge in [0.1, 0.15) is 16.5 Å². The van der Waals surface area contributed by atoms with E-state index in [2.05, 4.69) is 0 Å². The van der Waals surface area contributed by atoms with E-state index in [1.54, 1.807) is 18.2 Å². The predicted molar refractivity (Wildman–Crippen MR) is 118 cm³/mol. The van der Waals surface area contributed by atoms with Gasteiger partial charge in [-0.3, -0.25) is 4.79 Å². The molecule has 0 heterocycles. The van der Waals surface area contributed by atoms with Crippen LogP contribution in [-0.2, 0) is 21.5 Å². The maximum Gasteiger partial charge on any atom is 0.339 e. The number of benzene rings is 2. The van der Waals surface area contributed by atoms with E-state index in [0.29, 0.717) is 18.9 Å². The van der Waals surface area contributed by atoms with Crippen LogP contribution in [0, 0.1) is 11.7 Å². The Labute approximate surface area is 184 Å². The average Bonchev–Trinajstić information content (AvgIpc) is 3.24. The van der Waals surface area contributed by atoms with Crippen molar-refractivity contribution in [2.75, 3.05) is 0 Å². The van der Waals surface area contributed by atoms with Crippen molar-refractivity contribution in [3.8, 4) is 5.75 Å². The first-order valence-electron chi connectivity index (χ1n) is 10.8. The first-order chi connectivity index (χ1) is 14.7. The molecule has 3 rings (SSSR count). The maximum absolute atomic E-state index is 13.1. The number of halogens is 1. The van der Waals surface area contributed by atoms with Crippen LogP contribution in [0.25, 0.3) is 0 Å². The number of hydrogen-bond donors (Lipinski definition) is 0. The number of hydrogen-bond acceptors (Lipinski definition) is 4. The Kier molecular flexibility index (Phi) is 7.70. The standard InChI is InChI=1S/C24H30FNO4S/c1-18(2)26(24(27)15-10-19-6-3-4-7-19)17-20-8-5-9-22(16-20)30-31(28,29)23-13-11-21(25)12-14-23/h5,8-9,11-14,16,18-19H,3-4,6-7,10,15,17H2,1-2H3. The highest BCUT2D eigenvalue weighted by atomic mass is 32.2. The molecular formula is C24H30FNO4S. The monoisotopic (exact) mass is 447 g/mol. The normalized spacial score (nSPS) is 14.7. The second kappa shape index (κ2) is 10.3. The largest absolute Gasteiger partial charge is 0.379 e. The molecule has 1 fully saturated rings. The second-order valence-electron chi connectivity index (χ2n) is 8.44. The number of carbonyl (C=O) groups is 1. The molecule has 168 valence electrons. The Bertz CT molecular complexity index is 983. The van der Waals surface area contributed by atoms with Crippen LogP contribution in [0.5, 0.6) is 5.75 Å². The van der Waals surface area contributed by atoms with E-state index in [9.17, 15) is 17.6 Å². The Morgan fingerprint density at radius 2 is 1.81 bits per heavy atom. The molecule has 1 aliphatic rings. The minimum absolute atomic E-state index is 0.0311. The van der Waals surface area contributed by atoms with E-state index >= 15 is 0 Å². The molecule has 0 unspecified atom stereocenters. The SMILES string of the molecule is CC(C)N(Cc1cccc(OS(=O)(=O)c2ccc(F)cc2)c1)C(=O)CCC1CCCC1. The molecule has 7 heteroatoms. The van der Waals surface area contributed by atoms with Crippen molar-refractivity contribution in [1.29, 1.82) is 0 Å². The van der Waals surface area contributed by atoms with Gasteiger partial charge in [-0.25, -0.2) is 4.39 Å². The molecule has 2 aromatic carbocycles. The van der Waals surface area contributed by atoms with Gasteiger partial charge in [-0.2, -0.15) is 8.42 Å². The van der Waals surface area contributed by atoms with Crippen LogP contribution < -0.4 is 4.18 Å². The van der Waals surface area contributed by atoms with Crippen molar-refractivity contribution in [3.05, 3.63) is 59.9 Å². The van der Waals surface area contributed by atoms with Crippen LogP contribution in [0.2, 0.25) is 0 Å². The fourth-order valence-corrected chi connectivity index (χ4v) is 4.92. The first-order valence-corrected chi connectivity index (χ1v) is 12.2. The lowest BCUT2D eigenvalue weighted by Crippen LogP contribution is -2.36. The Balaban J connectivity index is 1.67. The van der Waals surface area contributed by atoms with Gasteiger partial charge in [0.05, 0.1) is 0 Å². The number of carbonyl (C=O) groups excluding carboxylic acids is 1. The highest BCUT2D eigenvalue weighted by Crippen LogP contribution is 2.29. The molecule has 0 aliphatic heterocycles. The van der Waals surface area contributed by atoms with Crippen molar-refractivity contribution in [1.82, 2.24) is 4.90 Å². The fourth-order valence-electron chi connectivity index (χ4n) is 4.00. The lowest BCUT2D eigenvalue weighted by atomic mass is 10.0. The third-order valence-corrected chi connectivity index (χ3v) is 7.01. The first kappa shape index (κ1) is 23.3. The maximum atomic E-state index is 13.1. The van der Waals surface area contributed by atoms with E-state index in [0.717, 1.165) is 36.2 Å². The van der Waals surface area contributed by atoms with Gasteiger partial charge in [-0.1, -0.05) is 37.8 Å². The highest BCUT2D eigenvalue weighted by molar-refractivity contribution is 7.87. The smallest absolute Gasteiger partial charge is 0.339 e. The van der Waals surface area contributed by atoms with Gasteiger partial charge in [0.25, 0.3) is 0 Å². The molecule has 1 amide bonds. The molecule has 0 atom stereocenters. The summed E-state index contributed by atoms with van der Waals surface area (Å²) in [5, 5.41) is 0. The van der Waals surface area contributed by atoms with E-state index in [1.165, 1.54) is 25.7 Å². The third kappa shape index (κ3) is 6.53. The van der Waals surface area contributed by atoms with Crippen LogP contribution in [0.15, 0.2) is 53.4 Å². The number of amides is 1. The number of nitrogens with zero attached hydrogens (tertiary/aromatic N) is 1. The average molecular weight is 448 g/mol. The zero-order valence-corrected chi connectivity index (χ0v) is 18.9. The predicted octanol–water partition coefficient (Wildman–Crippen LogP) is 5.30. The van der Waals surface area contributed by atoms with Crippen molar-refractivity contribution < 1.29 is 21.8 Å². The van der Waals surface area contributed by atoms with Crippen molar-refractivity contribution in [2.24, 2.45) is 5.92 Å². The minimum atomic E-state index is -4.07. The summed E-state index contributed by atoms with van der Waals surface area (Å²) in [5.41, 5.74) is 0.787. The Morgan fingerprint density at radius 1 is 1.13 bits per heavy atom. The van der Waals surface area contributed by atoms with Crippen LogP contribution in [-0.4, -0.2) is 25.3 Å². The third-order valence-electron chi connectivity index (χ3n) is 5.74. The second-order valence-corrected chi connectivity index (χ2v) is 9.99. The van der Waals surface area contributed by atoms with E-state index in [4.69, 9.17) is 4.18 Å². The summed E-state index contributed by atoms with van der Waals surface area (Å²) >= 11 is 0. The van der Waals surface area contributed by atoms with Gasteiger partial charge >= 0.3 is 10.1 Å². The zero-order valence-electron chi connectivity index (χ0n) is 18.1. The molecule has 0 radical (unpaired) electrons. The zero-order chi connectivity index (χ0) is 22.4. The fraction of sp³-hybridized carbons (Fsp3) is 0.458. The quantitative estimate of drug-likeness (QED) is 0.489. The van der Waals surface area contributed by atoms with E-state index < -0.39 is 15.9 Å². The van der Waals surface area contributed by atoms with Crippen LogP contribution in [0.3, 0.4) is 0 Å². The number of rotatable bonds is 9. The van der Waals surface area contributed by atoms with Gasteiger partial charge in [-0.15, -0.1) is 0 Å². The molecule has 0 bridgehead atoms.